The highest BCUT2D eigenvalue weighted by molar-refractivity contribution is 6.31. The van der Waals surface area contributed by atoms with Crippen molar-refractivity contribution in [2.24, 2.45) is 0 Å². The number of piperidine rings is 1. The van der Waals surface area contributed by atoms with Crippen LogP contribution in [-0.4, -0.2) is 66.6 Å². The second-order valence-electron chi connectivity index (χ2n) is 8.94. The highest BCUT2D eigenvalue weighted by Crippen LogP contribution is 2.28. The summed E-state index contributed by atoms with van der Waals surface area (Å²) >= 11 is 6.15. The number of rotatable bonds is 6. The number of likely N-dealkylation sites (tertiary alicyclic amines) is 1. The van der Waals surface area contributed by atoms with Crippen LogP contribution in [0.1, 0.15) is 41.6 Å². The Labute approximate surface area is 200 Å². The molecule has 7 heteroatoms. The number of hydrogen-bond donors (Lipinski definition) is 0. The predicted octanol–water partition coefficient (Wildman–Crippen LogP) is 4.34. The number of nitrogens with zero attached hydrogens (tertiary/aromatic N) is 2. The lowest BCUT2D eigenvalue weighted by molar-refractivity contribution is -0.153. The van der Waals surface area contributed by atoms with Crippen molar-refractivity contribution in [2.75, 3.05) is 39.4 Å². The summed E-state index contributed by atoms with van der Waals surface area (Å²) in [6, 6.07) is 14.7. The summed E-state index contributed by atoms with van der Waals surface area (Å²) in [5.74, 6) is 0.660. The van der Waals surface area contributed by atoms with Crippen LogP contribution in [0.5, 0.6) is 5.75 Å². The third-order valence-corrected chi connectivity index (χ3v) is 6.79. The molecule has 0 aliphatic carbocycles. The van der Waals surface area contributed by atoms with Crippen molar-refractivity contribution >= 4 is 23.4 Å². The van der Waals surface area contributed by atoms with Gasteiger partial charge in [-0.15, -0.1) is 0 Å². The Morgan fingerprint density at radius 1 is 1.03 bits per heavy atom. The Balaban J connectivity index is 1.53. The Hall–Kier alpha value is -2.57. The second kappa shape index (κ2) is 10.6. The van der Waals surface area contributed by atoms with E-state index in [9.17, 15) is 9.59 Å². The minimum atomic E-state index is -0.912. The maximum Gasteiger partial charge on any atom is 0.254 e. The molecule has 2 aliphatic heterocycles. The first-order valence-corrected chi connectivity index (χ1v) is 12.0. The van der Waals surface area contributed by atoms with Gasteiger partial charge in [0.05, 0.1) is 19.6 Å². The average Bonchev–Trinajstić information content (AvgIpc) is 2.85. The van der Waals surface area contributed by atoms with E-state index in [4.69, 9.17) is 21.1 Å². The topological polar surface area (TPSA) is 59.1 Å². The quantitative estimate of drug-likeness (QED) is 0.630. The molecule has 2 aromatic rings. The van der Waals surface area contributed by atoms with Gasteiger partial charge in [0.1, 0.15) is 18.0 Å². The number of hydrogen-bond acceptors (Lipinski definition) is 4. The molecule has 0 saturated carbocycles. The first kappa shape index (κ1) is 23.6. The normalized spacial score (nSPS) is 21.0. The van der Waals surface area contributed by atoms with E-state index < -0.39 is 5.60 Å². The molecular weight excluding hydrogens is 440 g/mol. The van der Waals surface area contributed by atoms with Gasteiger partial charge in [-0.3, -0.25) is 9.59 Å². The number of morpholine rings is 1. The molecule has 0 spiro atoms. The molecule has 0 N–H and O–H groups in total. The zero-order valence-electron chi connectivity index (χ0n) is 19.1. The smallest absolute Gasteiger partial charge is 0.254 e. The second-order valence-corrected chi connectivity index (χ2v) is 9.35. The first-order chi connectivity index (χ1) is 16.0. The van der Waals surface area contributed by atoms with Crippen LogP contribution >= 0.6 is 11.6 Å². The molecule has 2 heterocycles. The number of aryl methyl sites for hydroxylation is 1. The van der Waals surface area contributed by atoms with Gasteiger partial charge in [-0.1, -0.05) is 29.8 Å². The van der Waals surface area contributed by atoms with Crippen molar-refractivity contribution < 1.29 is 19.1 Å². The lowest BCUT2D eigenvalue weighted by atomic mass is 9.95. The minimum absolute atomic E-state index is 0.0552. The molecule has 33 heavy (non-hydrogen) atoms. The SMILES string of the molecule is Cc1cc(OC[C@]2(CC(=O)N3CCCCC3)CN(C(=O)c3ccccc3)CCO2)ccc1Cl. The van der Waals surface area contributed by atoms with Crippen molar-refractivity contribution in [3.8, 4) is 5.75 Å². The van der Waals surface area contributed by atoms with Crippen LogP contribution in [0.4, 0.5) is 0 Å². The third kappa shape index (κ3) is 5.87. The Kier molecular flexibility index (Phi) is 7.56. The monoisotopic (exact) mass is 470 g/mol. The summed E-state index contributed by atoms with van der Waals surface area (Å²) in [7, 11) is 0. The van der Waals surface area contributed by atoms with Gasteiger partial charge >= 0.3 is 0 Å². The molecule has 0 bridgehead atoms. The number of amides is 2. The van der Waals surface area contributed by atoms with Crippen LogP contribution in [0.2, 0.25) is 5.02 Å². The van der Waals surface area contributed by atoms with Crippen LogP contribution < -0.4 is 4.74 Å². The Morgan fingerprint density at radius 3 is 2.52 bits per heavy atom. The summed E-state index contributed by atoms with van der Waals surface area (Å²) in [5.41, 5.74) is 0.632. The molecule has 0 aromatic heterocycles. The van der Waals surface area contributed by atoms with E-state index in [1.54, 1.807) is 11.0 Å². The van der Waals surface area contributed by atoms with E-state index in [2.05, 4.69) is 0 Å². The molecular formula is C26H31ClN2O4. The zero-order valence-corrected chi connectivity index (χ0v) is 19.9. The first-order valence-electron chi connectivity index (χ1n) is 11.6. The molecule has 1 atom stereocenters. The lowest BCUT2D eigenvalue weighted by Crippen LogP contribution is -2.58. The predicted molar refractivity (Wildman–Crippen MR) is 128 cm³/mol. The van der Waals surface area contributed by atoms with Gasteiger partial charge in [-0.05, 0) is 62.1 Å². The van der Waals surface area contributed by atoms with Gasteiger partial charge in [-0.2, -0.15) is 0 Å². The van der Waals surface area contributed by atoms with Gasteiger partial charge in [0, 0.05) is 30.2 Å². The standard InChI is InChI=1S/C26H31ClN2O4/c1-20-16-22(10-11-23(20)27)32-19-26(17-24(30)28-12-6-3-7-13-28)18-29(14-15-33-26)25(31)21-8-4-2-5-9-21/h2,4-5,8-11,16H,3,6-7,12-15,17-19H2,1H3/t26-/m0/s1. The summed E-state index contributed by atoms with van der Waals surface area (Å²) in [6.07, 6.45) is 3.39. The van der Waals surface area contributed by atoms with Crippen molar-refractivity contribution in [3.63, 3.8) is 0 Å². The molecule has 2 aliphatic rings. The molecule has 2 amide bonds. The van der Waals surface area contributed by atoms with Crippen molar-refractivity contribution in [1.29, 1.82) is 0 Å². The third-order valence-electron chi connectivity index (χ3n) is 6.37. The van der Waals surface area contributed by atoms with E-state index in [1.807, 2.05) is 54.3 Å². The average molecular weight is 471 g/mol. The van der Waals surface area contributed by atoms with E-state index >= 15 is 0 Å². The van der Waals surface area contributed by atoms with Gasteiger partial charge in [0.2, 0.25) is 5.91 Å². The molecule has 0 radical (unpaired) electrons. The molecule has 176 valence electrons. The van der Waals surface area contributed by atoms with Gasteiger partial charge < -0.3 is 19.3 Å². The van der Waals surface area contributed by atoms with E-state index in [1.165, 1.54) is 0 Å². The maximum atomic E-state index is 13.2. The minimum Gasteiger partial charge on any atom is -0.490 e. The zero-order chi connectivity index (χ0) is 23.3. The van der Waals surface area contributed by atoms with Gasteiger partial charge in [-0.25, -0.2) is 0 Å². The fourth-order valence-electron chi connectivity index (χ4n) is 4.48. The molecule has 6 nitrogen and oxygen atoms in total. The molecule has 2 fully saturated rings. The summed E-state index contributed by atoms with van der Waals surface area (Å²) < 4.78 is 12.3. The Bertz CT molecular complexity index is 978. The molecule has 4 rings (SSSR count). The number of halogens is 1. The van der Waals surface area contributed by atoms with Crippen LogP contribution in [0.25, 0.3) is 0 Å². The summed E-state index contributed by atoms with van der Waals surface area (Å²) in [5, 5.41) is 0.672. The van der Waals surface area contributed by atoms with Crippen LogP contribution in [-0.2, 0) is 9.53 Å². The fourth-order valence-corrected chi connectivity index (χ4v) is 4.60. The highest BCUT2D eigenvalue weighted by Gasteiger charge is 2.42. The fraction of sp³-hybridized carbons (Fsp3) is 0.462. The summed E-state index contributed by atoms with van der Waals surface area (Å²) in [4.78, 5) is 30.0. The van der Waals surface area contributed by atoms with E-state index in [-0.39, 0.29) is 24.8 Å². The highest BCUT2D eigenvalue weighted by atomic mass is 35.5. The Morgan fingerprint density at radius 2 is 1.79 bits per heavy atom. The van der Waals surface area contributed by atoms with Crippen molar-refractivity contribution in [1.82, 2.24) is 9.80 Å². The molecule has 2 saturated heterocycles. The summed E-state index contributed by atoms with van der Waals surface area (Å²) in [6.45, 7) is 4.78. The number of ether oxygens (including phenoxy) is 2. The number of carbonyl (C=O) groups excluding carboxylic acids is 2. The molecule has 2 aromatic carbocycles. The van der Waals surface area contributed by atoms with Gasteiger partial charge in [0.15, 0.2) is 0 Å². The number of benzene rings is 2. The van der Waals surface area contributed by atoms with Crippen molar-refractivity contribution in [2.45, 2.75) is 38.2 Å². The largest absolute Gasteiger partial charge is 0.490 e. The van der Waals surface area contributed by atoms with Crippen LogP contribution in [0.15, 0.2) is 48.5 Å². The number of carbonyl (C=O) groups is 2. The van der Waals surface area contributed by atoms with Crippen LogP contribution in [0, 0.1) is 6.92 Å². The lowest BCUT2D eigenvalue weighted by Gasteiger charge is -2.43. The van der Waals surface area contributed by atoms with Crippen molar-refractivity contribution in [3.05, 3.63) is 64.7 Å². The van der Waals surface area contributed by atoms with Gasteiger partial charge in [0.25, 0.3) is 5.91 Å². The maximum absolute atomic E-state index is 13.2. The van der Waals surface area contributed by atoms with Crippen LogP contribution in [0.3, 0.4) is 0 Å². The van der Waals surface area contributed by atoms with E-state index in [0.717, 1.165) is 37.9 Å². The molecule has 0 unspecified atom stereocenters. The van der Waals surface area contributed by atoms with E-state index in [0.29, 0.717) is 36.0 Å².